The Morgan fingerprint density at radius 1 is 1.07 bits per heavy atom. The monoisotopic (exact) mass is 637 g/mol. The number of aliphatic hydroxyl groups is 1. The van der Waals surface area contributed by atoms with E-state index in [0.717, 1.165) is 4.90 Å². The molecule has 45 heavy (non-hydrogen) atoms. The Morgan fingerprint density at radius 3 is 2.07 bits per heavy atom. The van der Waals surface area contributed by atoms with Crippen molar-refractivity contribution in [3.63, 3.8) is 0 Å². The predicted molar refractivity (Wildman–Crippen MR) is 178 cm³/mol. The van der Waals surface area contributed by atoms with E-state index in [-0.39, 0.29) is 36.1 Å². The zero-order chi connectivity index (χ0) is 33.2. The molecule has 0 bridgehead atoms. The minimum atomic E-state index is -2.80. The van der Waals surface area contributed by atoms with Crippen LogP contribution in [0.15, 0.2) is 73.3 Å². The smallest absolute Gasteiger partial charge is 0.416 e. The molecule has 2 fully saturated rings. The second-order valence-electron chi connectivity index (χ2n) is 14.1. The van der Waals surface area contributed by atoms with Crippen molar-refractivity contribution in [1.29, 1.82) is 0 Å². The van der Waals surface area contributed by atoms with Gasteiger partial charge >= 0.3 is 6.09 Å². The number of rotatable bonds is 11. The number of benzene rings is 2. The largest absolute Gasteiger partial charge is 0.447 e. The third-order valence-electron chi connectivity index (χ3n) is 9.36. The Kier molecular flexibility index (Phi) is 10.8. The molecule has 9 heteroatoms. The molecule has 1 N–H and O–H groups in total. The van der Waals surface area contributed by atoms with E-state index >= 15 is 0 Å². The second kappa shape index (κ2) is 13.9. The van der Waals surface area contributed by atoms with Crippen molar-refractivity contribution < 1.29 is 33.3 Å². The highest BCUT2D eigenvalue weighted by atomic mass is 28.4. The van der Waals surface area contributed by atoms with Crippen molar-refractivity contribution >= 4 is 30.7 Å². The molecule has 0 radical (unpaired) electrons. The summed E-state index contributed by atoms with van der Waals surface area (Å²) in [6, 6.07) is 21.0. The molecule has 0 unspecified atom stereocenters. The highest BCUT2D eigenvalue weighted by Gasteiger charge is 2.54. The molecule has 0 aromatic heterocycles. The molecular formula is C36H51NO7Si. The lowest BCUT2D eigenvalue weighted by Gasteiger charge is -2.50. The minimum absolute atomic E-state index is 0.103. The topological polar surface area (TPSA) is 94.5 Å². The number of hydrogen-bond acceptors (Lipinski definition) is 7. The van der Waals surface area contributed by atoms with Gasteiger partial charge in [-0.2, -0.15) is 0 Å². The summed E-state index contributed by atoms with van der Waals surface area (Å²) in [6.07, 6.45) is -1.34. The molecule has 2 amide bonds. The summed E-state index contributed by atoms with van der Waals surface area (Å²) in [6.45, 7) is 20.8. The lowest BCUT2D eigenvalue weighted by atomic mass is 9.77. The van der Waals surface area contributed by atoms with Crippen LogP contribution < -0.4 is 10.4 Å². The summed E-state index contributed by atoms with van der Waals surface area (Å²) in [5.74, 6) is -3.45. The van der Waals surface area contributed by atoms with Gasteiger partial charge in [0, 0.05) is 24.4 Å². The van der Waals surface area contributed by atoms with E-state index in [1.54, 1.807) is 13.0 Å². The van der Waals surface area contributed by atoms with Crippen LogP contribution >= 0.6 is 0 Å². The van der Waals surface area contributed by atoms with E-state index in [1.807, 2.05) is 32.9 Å². The van der Waals surface area contributed by atoms with Crippen LogP contribution in [0.4, 0.5) is 4.79 Å². The molecule has 7 atom stereocenters. The number of carbonyl (C=O) groups is 2. The van der Waals surface area contributed by atoms with E-state index in [1.165, 1.54) is 10.4 Å². The van der Waals surface area contributed by atoms with Crippen molar-refractivity contribution in [2.24, 2.45) is 23.7 Å². The summed E-state index contributed by atoms with van der Waals surface area (Å²) in [7, 11) is -2.80. The Balaban J connectivity index is 1.69. The molecule has 2 saturated heterocycles. The molecule has 8 nitrogen and oxygen atoms in total. The maximum absolute atomic E-state index is 13.9. The van der Waals surface area contributed by atoms with Gasteiger partial charge in [-0.1, -0.05) is 108 Å². The van der Waals surface area contributed by atoms with E-state index in [0.29, 0.717) is 6.61 Å². The molecule has 246 valence electrons. The lowest BCUT2D eigenvalue weighted by molar-refractivity contribution is -0.337. The number of cyclic esters (lactones) is 1. The van der Waals surface area contributed by atoms with Gasteiger partial charge in [0.25, 0.3) is 8.32 Å². The van der Waals surface area contributed by atoms with Crippen molar-refractivity contribution in [3.8, 4) is 0 Å². The highest BCUT2D eigenvalue weighted by Crippen LogP contribution is 2.42. The second-order valence-corrected chi connectivity index (χ2v) is 18.4. The van der Waals surface area contributed by atoms with E-state index in [2.05, 4.69) is 82.8 Å². The quantitative estimate of drug-likeness (QED) is 0.270. The maximum atomic E-state index is 13.9. The summed E-state index contributed by atoms with van der Waals surface area (Å²) >= 11 is 0. The average molecular weight is 638 g/mol. The fraction of sp³-hybridized carbons (Fsp3) is 0.556. The number of nitrogens with zero attached hydrogens (tertiary/aromatic N) is 1. The van der Waals surface area contributed by atoms with E-state index in [4.69, 9.17) is 18.6 Å². The van der Waals surface area contributed by atoms with Gasteiger partial charge in [-0.3, -0.25) is 4.79 Å². The molecule has 2 aromatic carbocycles. The number of amides is 2. The molecule has 2 heterocycles. The highest BCUT2D eigenvalue weighted by molar-refractivity contribution is 6.99. The third-order valence-corrected chi connectivity index (χ3v) is 14.4. The van der Waals surface area contributed by atoms with Crippen LogP contribution in [0.3, 0.4) is 0 Å². The Labute approximate surface area is 269 Å². The fourth-order valence-electron chi connectivity index (χ4n) is 6.95. The zero-order valence-electron chi connectivity index (χ0n) is 28.1. The molecule has 2 aromatic rings. The van der Waals surface area contributed by atoms with Crippen molar-refractivity contribution in [1.82, 2.24) is 4.90 Å². The van der Waals surface area contributed by atoms with Crippen LogP contribution in [-0.4, -0.2) is 74.2 Å². The number of ether oxygens (including phenoxy) is 3. The Morgan fingerprint density at radius 2 is 1.60 bits per heavy atom. The maximum Gasteiger partial charge on any atom is 0.416 e. The summed E-state index contributed by atoms with van der Waals surface area (Å²) in [5.41, 5.74) is 0. The van der Waals surface area contributed by atoms with Crippen LogP contribution in [-0.2, 0) is 23.4 Å². The Hall–Kier alpha value is -2.82. The van der Waals surface area contributed by atoms with E-state index in [9.17, 15) is 14.7 Å². The molecule has 0 aliphatic carbocycles. The number of imide groups is 1. The first-order valence-electron chi connectivity index (χ1n) is 16.0. The third kappa shape index (κ3) is 7.13. The van der Waals surface area contributed by atoms with Gasteiger partial charge in [-0.25, -0.2) is 9.69 Å². The first kappa shape index (κ1) is 35.0. The standard InChI is InChI=1S/C36H51NO7Si/c1-10-24(2)30(38)29(33(39)37-21-22-41-34(37)40)32-26(4)31(43-36(8,9)44-32)25(3)23-42-45(35(5,6)7,27-17-13-11-14-18-27)28-19-15-12-16-20-28/h10-20,24-26,29-32,38H,1,21-23H2,2-9H3/t24-,25-,26-,29+,30-,31-,32-/m1/s1. The van der Waals surface area contributed by atoms with Gasteiger partial charge in [-0.15, -0.1) is 6.58 Å². The fourth-order valence-corrected chi connectivity index (χ4v) is 11.6. The zero-order valence-corrected chi connectivity index (χ0v) is 29.1. The van der Waals surface area contributed by atoms with Crippen LogP contribution in [0.2, 0.25) is 5.04 Å². The molecule has 2 aliphatic heterocycles. The van der Waals surface area contributed by atoms with E-state index < -0.39 is 50.1 Å². The SMILES string of the molecule is C=C[C@@H](C)[C@@H](O)[C@H](C(=O)N1CCOC1=O)[C@@H]1OC(C)(C)O[C@H]([C@H](C)CO[Si](c2ccccc2)(c2ccccc2)C(C)(C)C)[C@H]1C. The summed E-state index contributed by atoms with van der Waals surface area (Å²) < 4.78 is 25.4. The van der Waals surface area contributed by atoms with Gasteiger partial charge in [-0.05, 0) is 29.3 Å². The average Bonchev–Trinajstić information content (AvgIpc) is 3.44. The molecule has 4 rings (SSSR count). The Bertz CT molecular complexity index is 1270. The van der Waals surface area contributed by atoms with Crippen LogP contribution in [0.25, 0.3) is 0 Å². The summed E-state index contributed by atoms with van der Waals surface area (Å²) in [4.78, 5) is 27.4. The van der Waals surface area contributed by atoms with Crippen LogP contribution in [0.1, 0.15) is 55.4 Å². The van der Waals surface area contributed by atoms with Gasteiger partial charge < -0.3 is 23.7 Å². The van der Waals surface area contributed by atoms with Gasteiger partial charge in [0.15, 0.2) is 5.79 Å². The normalized spacial score (nSPS) is 24.8. The van der Waals surface area contributed by atoms with Crippen molar-refractivity contribution in [3.05, 3.63) is 73.3 Å². The lowest BCUT2D eigenvalue weighted by Crippen LogP contribution is -2.67. The minimum Gasteiger partial charge on any atom is -0.447 e. The number of hydrogen-bond donors (Lipinski definition) is 1. The molecule has 0 spiro atoms. The van der Waals surface area contributed by atoms with Crippen LogP contribution in [0.5, 0.6) is 0 Å². The first-order valence-corrected chi connectivity index (χ1v) is 17.9. The number of carbonyl (C=O) groups excluding carboxylic acids is 2. The summed E-state index contributed by atoms with van der Waals surface area (Å²) in [5, 5.41) is 13.7. The van der Waals surface area contributed by atoms with Crippen LogP contribution in [0, 0.1) is 23.7 Å². The molecular weight excluding hydrogens is 586 g/mol. The van der Waals surface area contributed by atoms with Crippen molar-refractivity contribution in [2.75, 3.05) is 19.8 Å². The first-order chi connectivity index (χ1) is 21.1. The van der Waals surface area contributed by atoms with Gasteiger partial charge in [0.1, 0.15) is 6.61 Å². The molecule has 0 saturated carbocycles. The van der Waals surface area contributed by atoms with Crippen molar-refractivity contribution in [2.45, 2.75) is 84.5 Å². The molecule has 2 aliphatic rings. The number of aliphatic hydroxyl groups excluding tert-OH is 1. The predicted octanol–water partition coefficient (Wildman–Crippen LogP) is 5.13. The van der Waals surface area contributed by atoms with Gasteiger partial charge in [0.05, 0.1) is 30.8 Å². The van der Waals surface area contributed by atoms with Gasteiger partial charge in [0.2, 0.25) is 5.91 Å².